The van der Waals surface area contributed by atoms with Gasteiger partial charge in [-0.3, -0.25) is 0 Å². The lowest BCUT2D eigenvalue weighted by molar-refractivity contribution is 0.669. The summed E-state index contributed by atoms with van der Waals surface area (Å²) in [6.45, 7) is 0. The normalized spacial score (nSPS) is 11.3. The molecular formula is C52H35NO. The predicted molar refractivity (Wildman–Crippen MR) is 228 cm³/mol. The van der Waals surface area contributed by atoms with E-state index in [1.165, 1.54) is 49.7 Å². The second-order valence-electron chi connectivity index (χ2n) is 13.7. The maximum Gasteiger partial charge on any atom is 0.159 e. The molecule has 1 aromatic heterocycles. The third-order valence-corrected chi connectivity index (χ3v) is 10.4. The highest BCUT2D eigenvalue weighted by Crippen LogP contribution is 2.45. The van der Waals surface area contributed by atoms with Gasteiger partial charge in [-0.05, 0) is 104 Å². The minimum absolute atomic E-state index is 0.858. The molecule has 54 heavy (non-hydrogen) atoms. The van der Waals surface area contributed by atoms with E-state index in [1.807, 2.05) is 6.07 Å². The molecule has 0 fully saturated rings. The van der Waals surface area contributed by atoms with Crippen molar-refractivity contribution in [2.24, 2.45) is 0 Å². The Hall–Kier alpha value is -7.16. The molecule has 10 aromatic rings. The van der Waals surface area contributed by atoms with Crippen molar-refractivity contribution in [2.75, 3.05) is 4.90 Å². The van der Waals surface area contributed by atoms with Gasteiger partial charge in [-0.25, -0.2) is 0 Å². The van der Waals surface area contributed by atoms with Gasteiger partial charge >= 0.3 is 0 Å². The van der Waals surface area contributed by atoms with Crippen LogP contribution in [0.25, 0.3) is 77.2 Å². The number of nitrogens with zero attached hydrogens (tertiary/aromatic N) is 1. The molecule has 0 amide bonds. The Morgan fingerprint density at radius 1 is 0.315 bits per heavy atom. The summed E-state index contributed by atoms with van der Waals surface area (Å²) in [5.41, 5.74) is 14.3. The van der Waals surface area contributed by atoms with Crippen LogP contribution in [-0.4, -0.2) is 0 Å². The number of benzene rings is 9. The summed E-state index contributed by atoms with van der Waals surface area (Å²) in [6.07, 6.45) is 0. The fraction of sp³-hybridized carbons (Fsp3) is 0. The molecular weight excluding hydrogens is 655 g/mol. The number of anilines is 3. The van der Waals surface area contributed by atoms with E-state index in [0.29, 0.717) is 0 Å². The predicted octanol–water partition coefficient (Wildman–Crippen LogP) is 14.9. The second kappa shape index (κ2) is 13.4. The highest BCUT2D eigenvalue weighted by molar-refractivity contribution is 6.10. The van der Waals surface area contributed by atoms with E-state index in [4.69, 9.17) is 4.42 Å². The van der Waals surface area contributed by atoms with Crippen LogP contribution in [0.5, 0.6) is 0 Å². The fourth-order valence-corrected chi connectivity index (χ4v) is 7.79. The summed E-state index contributed by atoms with van der Waals surface area (Å²) >= 11 is 0. The Balaban J connectivity index is 1.17. The van der Waals surface area contributed by atoms with Crippen molar-refractivity contribution in [3.63, 3.8) is 0 Å². The van der Waals surface area contributed by atoms with Gasteiger partial charge in [-0.1, -0.05) is 164 Å². The maximum atomic E-state index is 6.68. The zero-order chi connectivity index (χ0) is 35.8. The summed E-state index contributed by atoms with van der Waals surface area (Å²) in [6, 6.07) is 75.9. The van der Waals surface area contributed by atoms with Gasteiger partial charge in [0.15, 0.2) is 5.58 Å². The standard InChI is InChI=1S/C52H35NO/c1-4-14-36(15-5-1)41-28-26-37-27-29-42(33-43(37)32-41)40-20-12-21-44(34-40)53(50-24-13-23-48-47-22-10-11-25-51(47)54-52(48)50)45-30-31-46(38-16-6-2-7-17-38)49(35-45)39-18-8-3-9-19-39/h1-35H. The molecule has 254 valence electrons. The number of para-hydroxylation sites is 2. The van der Waals surface area contributed by atoms with E-state index in [2.05, 4.69) is 211 Å². The van der Waals surface area contributed by atoms with Crippen LogP contribution in [0.2, 0.25) is 0 Å². The minimum atomic E-state index is 0.858. The van der Waals surface area contributed by atoms with E-state index >= 15 is 0 Å². The first-order chi connectivity index (χ1) is 26.8. The molecule has 0 atom stereocenters. The summed E-state index contributed by atoms with van der Waals surface area (Å²) < 4.78 is 6.68. The summed E-state index contributed by atoms with van der Waals surface area (Å²) in [7, 11) is 0. The van der Waals surface area contributed by atoms with Crippen molar-refractivity contribution < 1.29 is 4.42 Å². The van der Waals surface area contributed by atoms with E-state index in [-0.39, 0.29) is 0 Å². The molecule has 0 unspecified atom stereocenters. The van der Waals surface area contributed by atoms with Gasteiger partial charge in [0.05, 0.1) is 5.69 Å². The molecule has 0 aliphatic rings. The number of fused-ring (bicyclic) bond motifs is 4. The average molecular weight is 690 g/mol. The fourth-order valence-electron chi connectivity index (χ4n) is 7.79. The monoisotopic (exact) mass is 689 g/mol. The largest absolute Gasteiger partial charge is 0.454 e. The lowest BCUT2D eigenvalue weighted by Crippen LogP contribution is -2.10. The number of hydrogen-bond donors (Lipinski definition) is 0. The molecule has 0 radical (unpaired) electrons. The zero-order valence-electron chi connectivity index (χ0n) is 29.6. The van der Waals surface area contributed by atoms with Gasteiger partial charge in [-0.2, -0.15) is 0 Å². The maximum absolute atomic E-state index is 6.68. The number of furan rings is 1. The molecule has 2 nitrogen and oxygen atoms in total. The molecule has 2 heteroatoms. The van der Waals surface area contributed by atoms with Crippen LogP contribution in [0, 0.1) is 0 Å². The first-order valence-corrected chi connectivity index (χ1v) is 18.4. The molecule has 9 aromatic carbocycles. The van der Waals surface area contributed by atoms with Crippen LogP contribution in [0.1, 0.15) is 0 Å². The van der Waals surface area contributed by atoms with E-state index in [1.54, 1.807) is 0 Å². The SMILES string of the molecule is c1ccc(-c2ccc3ccc(-c4cccc(N(c5ccc(-c6ccccc6)c(-c6ccccc6)c5)c5cccc6c5oc5ccccc56)c4)cc3c2)cc1. The molecule has 0 bridgehead atoms. The molecule has 0 N–H and O–H groups in total. The average Bonchev–Trinajstić information content (AvgIpc) is 3.64. The summed E-state index contributed by atoms with van der Waals surface area (Å²) in [5.74, 6) is 0. The van der Waals surface area contributed by atoms with Gasteiger partial charge in [0, 0.05) is 22.1 Å². The van der Waals surface area contributed by atoms with E-state index in [9.17, 15) is 0 Å². The van der Waals surface area contributed by atoms with Gasteiger partial charge in [-0.15, -0.1) is 0 Å². The Labute approximate surface area is 314 Å². The van der Waals surface area contributed by atoms with Crippen molar-refractivity contribution in [3.05, 3.63) is 212 Å². The Morgan fingerprint density at radius 3 is 1.61 bits per heavy atom. The van der Waals surface area contributed by atoms with E-state index in [0.717, 1.165) is 44.6 Å². The minimum Gasteiger partial charge on any atom is -0.454 e. The van der Waals surface area contributed by atoms with Gasteiger partial charge in [0.1, 0.15) is 5.58 Å². The molecule has 0 aliphatic carbocycles. The Bertz CT molecular complexity index is 2930. The Morgan fingerprint density at radius 2 is 0.870 bits per heavy atom. The van der Waals surface area contributed by atoms with Crippen molar-refractivity contribution >= 4 is 49.8 Å². The van der Waals surface area contributed by atoms with Gasteiger partial charge in [0.25, 0.3) is 0 Å². The Kier molecular flexibility index (Phi) is 7.85. The lowest BCUT2D eigenvalue weighted by atomic mass is 9.93. The summed E-state index contributed by atoms with van der Waals surface area (Å²) in [5, 5.41) is 4.64. The molecule has 0 aliphatic heterocycles. The topological polar surface area (TPSA) is 16.4 Å². The van der Waals surface area contributed by atoms with Crippen LogP contribution < -0.4 is 4.90 Å². The molecule has 0 saturated carbocycles. The molecule has 10 rings (SSSR count). The second-order valence-corrected chi connectivity index (χ2v) is 13.7. The van der Waals surface area contributed by atoms with Gasteiger partial charge in [0.2, 0.25) is 0 Å². The zero-order valence-corrected chi connectivity index (χ0v) is 29.6. The number of rotatable bonds is 7. The highest BCUT2D eigenvalue weighted by atomic mass is 16.3. The number of hydrogen-bond acceptors (Lipinski definition) is 2. The molecule has 0 saturated heterocycles. The van der Waals surface area contributed by atoms with Gasteiger partial charge < -0.3 is 9.32 Å². The van der Waals surface area contributed by atoms with Crippen LogP contribution in [-0.2, 0) is 0 Å². The smallest absolute Gasteiger partial charge is 0.159 e. The van der Waals surface area contributed by atoms with Crippen molar-refractivity contribution in [3.8, 4) is 44.5 Å². The van der Waals surface area contributed by atoms with Crippen LogP contribution in [0.3, 0.4) is 0 Å². The third kappa shape index (κ3) is 5.71. The van der Waals surface area contributed by atoms with Crippen LogP contribution >= 0.6 is 0 Å². The summed E-state index contributed by atoms with van der Waals surface area (Å²) in [4.78, 5) is 2.35. The van der Waals surface area contributed by atoms with Crippen molar-refractivity contribution in [1.29, 1.82) is 0 Å². The highest BCUT2D eigenvalue weighted by Gasteiger charge is 2.21. The van der Waals surface area contributed by atoms with E-state index < -0.39 is 0 Å². The molecule has 1 heterocycles. The van der Waals surface area contributed by atoms with Crippen LogP contribution in [0.15, 0.2) is 217 Å². The van der Waals surface area contributed by atoms with Crippen molar-refractivity contribution in [1.82, 2.24) is 0 Å². The first-order valence-electron chi connectivity index (χ1n) is 18.4. The van der Waals surface area contributed by atoms with Crippen molar-refractivity contribution in [2.45, 2.75) is 0 Å². The first kappa shape index (κ1) is 31.6. The van der Waals surface area contributed by atoms with Crippen LogP contribution in [0.4, 0.5) is 17.1 Å². The quantitative estimate of drug-likeness (QED) is 0.166. The molecule has 0 spiro atoms. The lowest BCUT2D eigenvalue weighted by Gasteiger charge is -2.27. The third-order valence-electron chi connectivity index (χ3n) is 10.4.